The average molecular weight is 497 g/mol. The molecule has 13 heteroatoms. The van der Waals surface area contributed by atoms with Crippen LogP contribution in [0, 0.1) is 0 Å². The van der Waals surface area contributed by atoms with Crippen LogP contribution in [0.25, 0.3) is 0 Å². The Morgan fingerprint density at radius 2 is 1.87 bits per heavy atom. The lowest BCUT2D eigenvalue weighted by Crippen LogP contribution is -2.30. The number of rotatable bonds is 8. The zero-order valence-corrected chi connectivity index (χ0v) is 18.1. The second-order valence-electron chi connectivity index (χ2n) is 6.74. The highest BCUT2D eigenvalue weighted by atomic mass is 35.5. The first-order valence-electron chi connectivity index (χ1n) is 9.04. The Hall–Kier alpha value is -2.08. The molecule has 0 atom stereocenters. The molecule has 7 nitrogen and oxygen atoms in total. The number of carbonyl (C=O) groups excluding carboxylic acids is 1. The highest BCUT2D eigenvalue weighted by Gasteiger charge is 2.34. The van der Waals surface area contributed by atoms with E-state index in [0.717, 1.165) is 31.0 Å². The summed E-state index contributed by atoms with van der Waals surface area (Å²) < 4.78 is 66.3. The Morgan fingerprint density at radius 3 is 2.52 bits per heavy atom. The summed E-state index contributed by atoms with van der Waals surface area (Å²) in [6.45, 7) is -0.139. The summed E-state index contributed by atoms with van der Waals surface area (Å²) in [4.78, 5) is 15.8. The van der Waals surface area contributed by atoms with Crippen LogP contribution in [0.1, 0.15) is 28.8 Å². The number of hydrogen-bond acceptors (Lipinski definition) is 5. The van der Waals surface area contributed by atoms with Gasteiger partial charge in [0, 0.05) is 25.3 Å². The van der Waals surface area contributed by atoms with Gasteiger partial charge in [0.05, 0.1) is 21.2 Å². The lowest BCUT2D eigenvalue weighted by Gasteiger charge is -2.14. The summed E-state index contributed by atoms with van der Waals surface area (Å²) in [6.07, 6.45) is -1.93. The molecule has 1 fully saturated rings. The maximum atomic E-state index is 13.0. The number of amides is 1. The standard InChI is InChI=1S/C18H17Cl2F3N4O3S/c19-13-9-14(20)15(31(29,30)27-10-3-4-10)8-11(13)17(28)26-7-6-25-16-12(18(21,22)23)2-1-5-24-16/h1-2,5,8-10,27H,3-4,6-7H2,(H,24,25)(H,26,28). The van der Waals surface area contributed by atoms with Crippen molar-refractivity contribution in [1.29, 1.82) is 0 Å². The van der Waals surface area contributed by atoms with Crippen LogP contribution in [0.2, 0.25) is 10.0 Å². The fourth-order valence-electron chi connectivity index (χ4n) is 2.62. The number of nitrogens with one attached hydrogen (secondary N) is 3. The van der Waals surface area contributed by atoms with Crippen molar-refractivity contribution >= 4 is 45.0 Å². The average Bonchev–Trinajstić information content (AvgIpc) is 3.47. The molecule has 1 heterocycles. The van der Waals surface area contributed by atoms with Gasteiger partial charge in [0.25, 0.3) is 5.91 Å². The summed E-state index contributed by atoms with van der Waals surface area (Å²) in [5, 5.41) is 4.78. The van der Waals surface area contributed by atoms with Crippen LogP contribution < -0.4 is 15.4 Å². The van der Waals surface area contributed by atoms with E-state index in [2.05, 4.69) is 20.3 Å². The maximum absolute atomic E-state index is 13.0. The second-order valence-corrected chi connectivity index (χ2v) is 9.23. The van der Waals surface area contributed by atoms with Crippen molar-refractivity contribution < 1.29 is 26.4 Å². The first kappa shape index (κ1) is 23.6. The molecular formula is C18H17Cl2F3N4O3S. The van der Waals surface area contributed by atoms with E-state index >= 15 is 0 Å². The predicted octanol–water partition coefficient (Wildman–Crippen LogP) is 3.69. The molecule has 1 aromatic carbocycles. The molecule has 1 aliphatic rings. The zero-order valence-electron chi connectivity index (χ0n) is 15.8. The van der Waals surface area contributed by atoms with Crippen molar-refractivity contribution in [3.8, 4) is 0 Å². The lowest BCUT2D eigenvalue weighted by atomic mass is 10.2. The van der Waals surface area contributed by atoms with Crippen molar-refractivity contribution in [2.45, 2.75) is 30.0 Å². The monoisotopic (exact) mass is 496 g/mol. The van der Waals surface area contributed by atoms with Crippen LogP contribution >= 0.6 is 23.2 Å². The largest absolute Gasteiger partial charge is 0.419 e. The highest BCUT2D eigenvalue weighted by Crippen LogP contribution is 2.33. The Morgan fingerprint density at radius 1 is 1.16 bits per heavy atom. The molecule has 0 bridgehead atoms. The molecular weight excluding hydrogens is 480 g/mol. The topological polar surface area (TPSA) is 100 Å². The lowest BCUT2D eigenvalue weighted by molar-refractivity contribution is -0.137. The van der Waals surface area contributed by atoms with E-state index in [-0.39, 0.29) is 45.5 Å². The third-order valence-corrected chi connectivity index (χ3v) is 6.57. The first-order chi connectivity index (χ1) is 14.5. The number of hydrogen-bond donors (Lipinski definition) is 3. The molecule has 0 spiro atoms. The molecule has 3 rings (SSSR count). The van der Waals surface area contributed by atoms with Gasteiger partial charge in [-0.25, -0.2) is 18.1 Å². The van der Waals surface area contributed by atoms with E-state index in [1.165, 1.54) is 12.3 Å². The van der Waals surface area contributed by atoms with Gasteiger partial charge in [0.2, 0.25) is 10.0 Å². The smallest absolute Gasteiger partial charge is 0.368 e. The minimum atomic E-state index is -4.58. The Labute approximate surface area is 186 Å². The van der Waals surface area contributed by atoms with Gasteiger partial charge in [-0.15, -0.1) is 0 Å². The Balaban J connectivity index is 1.66. The van der Waals surface area contributed by atoms with Gasteiger partial charge in [-0.05, 0) is 37.1 Å². The number of nitrogens with zero attached hydrogens (tertiary/aromatic N) is 1. The highest BCUT2D eigenvalue weighted by molar-refractivity contribution is 7.89. The molecule has 0 aliphatic heterocycles. The third kappa shape index (κ3) is 6.00. The number of benzene rings is 1. The molecule has 1 amide bonds. The molecule has 168 valence electrons. The number of halogens is 5. The quantitative estimate of drug-likeness (QED) is 0.484. The predicted molar refractivity (Wildman–Crippen MR) is 110 cm³/mol. The Kier molecular flexibility index (Phi) is 6.99. The summed E-state index contributed by atoms with van der Waals surface area (Å²) in [5.41, 5.74) is -1.06. The van der Waals surface area contributed by atoms with E-state index in [4.69, 9.17) is 23.2 Å². The van der Waals surface area contributed by atoms with Gasteiger partial charge >= 0.3 is 6.18 Å². The molecule has 2 aromatic rings. The van der Waals surface area contributed by atoms with Crippen molar-refractivity contribution in [2.75, 3.05) is 18.4 Å². The fourth-order valence-corrected chi connectivity index (χ4v) is 4.78. The van der Waals surface area contributed by atoms with E-state index in [9.17, 15) is 26.4 Å². The summed E-state index contributed by atoms with van der Waals surface area (Å²) in [7, 11) is -3.93. The normalized spacial score (nSPS) is 14.4. The minimum Gasteiger partial charge on any atom is -0.368 e. The number of sulfonamides is 1. The van der Waals surface area contributed by atoms with Gasteiger partial charge in [-0.1, -0.05) is 23.2 Å². The van der Waals surface area contributed by atoms with Crippen LogP contribution in [0.15, 0.2) is 35.4 Å². The van der Waals surface area contributed by atoms with E-state index in [1.807, 2.05) is 0 Å². The van der Waals surface area contributed by atoms with Gasteiger partial charge < -0.3 is 10.6 Å². The van der Waals surface area contributed by atoms with E-state index < -0.39 is 27.7 Å². The van der Waals surface area contributed by atoms with Crippen molar-refractivity contribution in [3.05, 3.63) is 51.6 Å². The van der Waals surface area contributed by atoms with Gasteiger partial charge in [-0.2, -0.15) is 13.2 Å². The van der Waals surface area contributed by atoms with Crippen LogP contribution in [-0.2, 0) is 16.2 Å². The molecule has 3 N–H and O–H groups in total. The summed E-state index contributed by atoms with van der Waals surface area (Å²) >= 11 is 12.0. The molecule has 1 aromatic heterocycles. The van der Waals surface area contributed by atoms with Crippen LogP contribution in [0.5, 0.6) is 0 Å². The van der Waals surface area contributed by atoms with Gasteiger partial charge in [0.15, 0.2) is 0 Å². The van der Waals surface area contributed by atoms with Crippen molar-refractivity contribution in [2.24, 2.45) is 0 Å². The van der Waals surface area contributed by atoms with Crippen LogP contribution in [0.4, 0.5) is 19.0 Å². The first-order valence-corrected chi connectivity index (χ1v) is 11.3. The zero-order chi connectivity index (χ0) is 22.8. The summed E-state index contributed by atoms with van der Waals surface area (Å²) in [5.74, 6) is -1.07. The van der Waals surface area contributed by atoms with Crippen LogP contribution in [0.3, 0.4) is 0 Å². The molecule has 31 heavy (non-hydrogen) atoms. The number of pyridine rings is 1. The number of carbonyl (C=O) groups is 1. The molecule has 0 saturated heterocycles. The molecule has 0 radical (unpaired) electrons. The van der Waals surface area contributed by atoms with E-state index in [0.29, 0.717) is 0 Å². The van der Waals surface area contributed by atoms with Crippen molar-refractivity contribution in [1.82, 2.24) is 15.0 Å². The SMILES string of the molecule is O=C(NCCNc1ncccc1C(F)(F)F)c1cc(S(=O)(=O)NC2CC2)c(Cl)cc1Cl. The Bertz CT molecular complexity index is 1090. The molecule has 1 saturated carbocycles. The fraction of sp³-hybridized carbons (Fsp3) is 0.333. The molecule has 0 unspecified atom stereocenters. The van der Waals surface area contributed by atoms with Gasteiger partial charge in [-0.3, -0.25) is 4.79 Å². The molecule has 1 aliphatic carbocycles. The number of alkyl halides is 3. The summed E-state index contributed by atoms with van der Waals surface area (Å²) in [6, 6.07) is 4.12. The second kappa shape index (κ2) is 9.19. The van der Waals surface area contributed by atoms with E-state index in [1.54, 1.807) is 0 Å². The van der Waals surface area contributed by atoms with Crippen molar-refractivity contribution in [3.63, 3.8) is 0 Å². The van der Waals surface area contributed by atoms with Crippen LogP contribution in [-0.4, -0.2) is 38.4 Å². The number of aromatic nitrogens is 1. The minimum absolute atomic E-state index is 0.0641. The maximum Gasteiger partial charge on any atom is 0.419 e. The number of anilines is 1. The van der Waals surface area contributed by atoms with Gasteiger partial charge in [0.1, 0.15) is 10.7 Å². The third-order valence-electron chi connectivity index (χ3n) is 4.27.